The molecule has 0 radical (unpaired) electrons. The molecule has 0 bridgehead atoms. The van der Waals surface area contributed by atoms with E-state index in [1.807, 2.05) is 41.1 Å². The number of aliphatic imine (C=N–C) groups is 1. The van der Waals surface area contributed by atoms with E-state index >= 15 is 0 Å². The molecule has 1 aromatic carbocycles. The van der Waals surface area contributed by atoms with E-state index in [-0.39, 0.29) is 5.91 Å². The molecule has 0 aliphatic carbocycles. The molecule has 112 valence electrons. The highest BCUT2D eigenvalue weighted by atomic mass is 35.5. The molecule has 1 aliphatic rings. The van der Waals surface area contributed by atoms with Crippen LogP contribution >= 0.6 is 22.9 Å². The fourth-order valence-electron chi connectivity index (χ4n) is 2.51. The first kappa shape index (κ1) is 14.1. The number of benzene rings is 1. The largest absolute Gasteiger partial charge is 0.282 e. The number of para-hydroxylation sites is 1. The Morgan fingerprint density at radius 2 is 2.00 bits per heavy atom. The number of nitrogens with zero attached hydrogens (tertiary/aromatic N) is 3. The number of pyridine rings is 1. The fourth-order valence-corrected chi connectivity index (χ4v) is 3.24. The van der Waals surface area contributed by atoms with Crippen molar-refractivity contribution in [1.29, 1.82) is 0 Å². The van der Waals surface area contributed by atoms with Crippen LogP contribution in [-0.4, -0.2) is 16.6 Å². The second-order valence-electron chi connectivity index (χ2n) is 4.94. The van der Waals surface area contributed by atoms with E-state index in [2.05, 4.69) is 9.98 Å². The molecule has 0 atom stereocenters. The van der Waals surface area contributed by atoms with Gasteiger partial charge in [-0.2, -0.15) is 11.3 Å². The third kappa shape index (κ3) is 2.44. The van der Waals surface area contributed by atoms with Crippen LogP contribution in [0.15, 0.2) is 64.4 Å². The molecule has 1 amide bonds. The van der Waals surface area contributed by atoms with Crippen molar-refractivity contribution in [3.8, 4) is 0 Å². The number of amides is 1. The Hall–Kier alpha value is -2.50. The Kier molecular flexibility index (Phi) is 3.44. The van der Waals surface area contributed by atoms with Crippen molar-refractivity contribution < 1.29 is 4.79 Å². The predicted octanol–water partition coefficient (Wildman–Crippen LogP) is 4.60. The summed E-state index contributed by atoms with van der Waals surface area (Å²) in [5.41, 5.74) is 3.53. The molecule has 1 aliphatic heterocycles. The minimum absolute atomic E-state index is 0.139. The normalized spacial score (nSPS) is 15.3. The lowest BCUT2D eigenvalue weighted by molar-refractivity contribution is -0.111. The van der Waals surface area contributed by atoms with E-state index in [1.54, 1.807) is 34.6 Å². The molecule has 3 heterocycles. The van der Waals surface area contributed by atoms with Crippen LogP contribution in [0.4, 0.5) is 17.1 Å². The molecule has 0 spiro atoms. The molecule has 2 aromatic heterocycles. The zero-order valence-electron chi connectivity index (χ0n) is 11.8. The number of carbonyl (C=O) groups is 1. The minimum Gasteiger partial charge on any atom is -0.274 e. The van der Waals surface area contributed by atoms with Gasteiger partial charge in [-0.25, -0.2) is 9.98 Å². The first-order valence-electron chi connectivity index (χ1n) is 6.90. The number of fused-ring (bicyclic) bond motifs is 1. The summed E-state index contributed by atoms with van der Waals surface area (Å²) in [7, 11) is 0. The highest BCUT2D eigenvalue weighted by molar-refractivity contribution is 7.08. The number of hydrogen-bond donors (Lipinski definition) is 0. The summed E-state index contributed by atoms with van der Waals surface area (Å²) in [6.45, 7) is 0. The van der Waals surface area contributed by atoms with Gasteiger partial charge in [-0.05, 0) is 29.6 Å². The van der Waals surface area contributed by atoms with Gasteiger partial charge in [-0.15, -0.1) is 0 Å². The fraction of sp³-hybridized carbons (Fsp3) is 0. The summed E-state index contributed by atoms with van der Waals surface area (Å²) in [5.74, 6) is -0.139. The topological polar surface area (TPSA) is 45.6 Å². The maximum Gasteiger partial charge on any atom is 0.282 e. The first-order chi connectivity index (χ1) is 11.2. The van der Waals surface area contributed by atoms with Gasteiger partial charge in [0.05, 0.1) is 23.3 Å². The molecule has 0 unspecified atom stereocenters. The van der Waals surface area contributed by atoms with Gasteiger partial charge in [-0.3, -0.25) is 9.69 Å². The molecule has 6 heteroatoms. The number of carbonyl (C=O) groups excluding carboxylic acids is 1. The molecule has 23 heavy (non-hydrogen) atoms. The Morgan fingerprint density at radius 1 is 1.13 bits per heavy atom. The summed E-state index contributed by atoms with van der Waals surface area (Å²) in [5, 5.41) is 4.29. The number of halogens is 1. The van der Waals surface area contributed by atoms with Crippen molar-refractivity contribution in [2.45, 2.75) is 0 Å². The SMILES string of the molecule is O=C1/C(=N\c2ccc(Cl)nc2)c2ccccc2N1c1ccsc1. The Bertz CT molecular complexity index is 904. The van der Waals surface area contributed by atoms with E-state index in [4.69, 9.17) is 11.6 Å². The molecule has 3 aromatic rings. The van der Waals surface area contributed by atoms with E-state index in [0.29, 0.717) is 16.6 Å². The van der Waals surface area contributed by atoms with Crippen molar-refractivity contribution in [3.05, 3.63) is 70.1 Å². The Balaban J connectivity index is 1.85. The number of aromatic nitrogens is 1. The smallest absolute Gasteiger partial charge is 0.274 e. The van der Waals surface area contributed by atoms with E-state index < -0.39 is 0 Å². The Morgan fingerprint density at radius 3 is 2.74 bits per heavy atom. The molecule has 0 saturated carbocycles. The van der Waals surface area contributed by atoms with Gasteiger partial charge in [0, 0.05) is 10.9 Å². The zero-order valence-corrected chi connectivity index (χ0v) is 13.4. The summed E-state index contributed by atoms with van der Waals surface area (Å²) in [4.78, 5) is 23.1. The van der Waals surface area contributed by atoms with Crippen LogP contribution in [0, 0.1) is 0 Å². The molecular formula is C17H10ClN3OS. The molecule has 4 nitrogen and oxygen atoms in total. The zero-order chi connectivity index (χ0) is 15.8. The molecule has 4 rings (SSSR count). The summed E-state index contributed by atoms with van der Waals surface area (Å²) in [6.07, 6.45) is 1.55. The first-order valence-corrected chi connectivity index (χ1v) is 8.22. The summed E-state index contributed by atoms with van der Waals surface area (Å²) >= 11 is 7.35. The van der Waals surface area contributed by atoms with Gasteiger partial charge < -0.3 is 0 Å². The summed E-state index contributed by atoms with van der Waals surface area (Å²) in [6, 6.07) is 13.0. The van der Waals surface area contributed by atoms with E-state index in [0.717, 1.165) is 16.9 Å². The van der Waals surface area contributed by atoms with Gasteiger partial charge in [0.15, 0.2) is 0 Å². The number of hydrogen-bond acceptors (Lipinski definition) is 4. The number of thiophene rings is 1. The number of anilines is 2. The standard InChI is InChI=1S/C17H10ClN3OS/c18-15-6-5-11(9-19-15)20-16-13-3-1-2-4-14(13)21(17(16)22)12-7-8-23-10-12/h1-10H/b20-16-. The van der Waals surface area contributed by atoms with Crippen molar-refractivity contribution in [1.82, 2.24) is 4.98 Å². The van der Waals surface area contributed by atoms with Crippen molar-refractivity contribution in [2.75, 3.05) is 4.90 Å². The van der Waals surface area contributed by atoms with Gasteiger partial charge in [-0.1, -0.05) is 29.8 Å². The lowest BCUT2D eigenvalue weighted by Gasteiger charge is -2.14. The average molecular weight is 340 g/mol. The number of rotatable bonds is 2. The quantitative estimate of drug-likeness (QED) is 0.641. The minimum atomic E-state index is -0.139. The average Bonchev–Trinajstić information content (AvgIpc) is 3.17. The predicted molar refractivity (Wildman–Crippen MR) is 93.4 cm³/mol. The molecule has 0 N–H and O–H groups in total. The highest BCUT2D eigenvalue weighted by Gasteiger charge is 2.34. The maximum atomic E-state index is 12.9. The molecule has 0 saturated heterocycles. The lowest BCUT2D eigenvalue weighted by atomic mass is 10.1. The van der Waals surface area contributed by atoms with Crippen LogP contribution in [-0.2, 0) is 4.79 Å². The van der Waals surface area contributed by atoms with Crippen molar-refractivity contribution >= 4 is 51.6 Å². The van der Waals surface area contributed by atoms with Crippen LogP contribution in [0.25, 0.3) is 0 Å². The summed E-state index contributed by atoms with van der Waals surface area (Å²) < 4.78 is 0. The van der Waals surface area contributed by atoms with E-state index in [1.165, 1.54) is 0 Å². The third-order valence-corrected chi connectivity index (χ3v) is 4.42. The molecule has 0 fully saturated rings. The van der Waals surface area contributed by atoms with Gasteiger partial charge in [0.25, 0.3) is 5.91 Å². The van der Waals surface area contributed by atoms with Crippen molar-refractivity contribution in [3.63, 3.8) is 0 Å². The van der Waals surface area contributed by atoms with Crippen LogP contribution in [0.1, 0.15) is 5.56 Å². The van der Waals surface area contributed by atoms with E-state index in [9.17, 15) is 4.79 Å². The van der Waals surface area contributed by atoms with Crippen LogP contribution < -0.4 is 4.90 Å². The van der Waals surface area contributed by atoms with Crippen LogP contribution in [0.5, 0.6) is 0 Å². The Labute approximate surface area is 141 Å². The maximum absolute atomic E-state index is 12.9. The van der Waals surface area contributed by atoms with Gasteiger partial charge in [0.2, 0.25) is 0 Å². The van der Waals surface area contributed by atoms with Crippen LogP contribution in [0.2, 0.25) is 5.15 Å². The van der Waals surface area contributed by atoms with Crippen LogP contribution in [0.3, 0.4) is 0 Å². The van der Waals surface area contributed by atoms with Gasteiger partial charge in [0.1, 0.15) is 10.9 Å². The third-order valence-electron chi connectivity index (χ3n) is 3.52. The molecular weight excluding hydrogens is 330 g/mol. The second-order valence-corrected chi connectivity index (χ2v) is 6.11. The monoisotopic (exact) mass is 339 g/mol. The van der Waals surface area contributed by atoms with Gasteiger partial charge >= 0.3 is 0 Å². The second kappa shape index (κ2) is 5.61. The highest BCUT2D eigenvalue weighted by Crippen LogP contribution is 2.37. The lowest BCUT2D eigenvalue weighted by Crippen LogP contribution is -2.24. The van der Waals surface area contributed by atoms with Crippen molar-refractivity contribution in [2.24, 2.45) is 4.99 Å².